The molecule has 0 unspecified atom stereocenters. The molecule has 15 heavy (non-hydrogen) atoms. The molecule has 1 aliphatic heterocycles. The van der Waals surface area contributed by atoms with Crippen LogP contribution in [0.3, 0.4) is 0 Å². The molecule has 1 atom stereocenters. The lowest BCUT2D eigenvalue weighted by molar-refractivity contribution is 0.247. The number of amides is 2. The first kappa shape index (κ1) is 9.76. The van der Waals surface area contributed by atoms with Gasteiger partial charge < -0.3 is 15.4 Å². The number of carbonyl (C=O) groups is 1. The van der Waals surface area contributed by atoms with Gasteiger partial charge in [0.25, 0.3) is 0 Å². The highest BCUT2D eigenvalue weighted by Crippen LogP contribution is 2.26. The molecule has 1 heterocycles. The lowest BCUT2D eigenvalue weighted by Gasteiger charge is -2.13. The minimum Gasteiger partial charge on any atom is -0.496 e. The van der Waals surface area contributed by atoms with Gasteiger partial charge in [-0.2, -0.15) is 0 Å². The maximum atomic E-state index is 13.0. The fourth-order valence-electron chi connectivity index (χ4n) is 1.62. The maximum Gasteiger partial charge on any atom is 0.315 e. The van der Waals surface area contributed by atoms with Crippen LogP contribution in [0.1, 0.15) is 11.6 Å². The van der Waals surface area contributed by atoms with E-state index in [9.17, 15) is 9.18 Å². The number of hydrogen-bond donors (Lipinski definition) is 2. The van der Waals surface area contributed by atoms with Crippen molar-refractivity contribution >= 4 is 6.03 Å². The lowest BCUT2D eigenvalue weighted by atomic mass is 10.1. The van der Waals surface area contributed by atoms with Crippen LogP contribution >= 0.6 is 0 Å². The third-order valence-corrected chi connectivity index (χ3v) is 2.34. The minimum atomic E-state index is -0.341. The number of carbonyl (C=O) groups excluding carboxylic acids is 1. The van der Waals surface area contributed by atoms with Crippen LogP contribution in [0, 0.1) is 5.82 Å². The molecule has 2 rings (SSSR count). The molecule has 0 spiro atoms. The van der Waals surface area contributed by atoms with Crippen molar-refractivity contribution in [1.29, 1.82) is 0 Å². The van der Waals surface area contributed by atoms with Crippen LogP contribution in [-0.2, 0) is 0 Å². The number of urea groups is 1. The fourth-order valence-corrected chi connectivity index (χ4v) is 1.62. The van der Waals surface area contributed by atoms with Crippen molar-refractivity contribution < 1.29 is 13.9 Å². The fraction of sp³-hybridized carbons (Fsp3) is 0.300. The number of hydrogen-bond acceptors (Lipinski definition) is 2. The van der Waals surface area contributed by atoms with E-state index in [1.54, 1.807) is 6.07 Å². The molecule has 4 nitrogen and oxygen atoms in total. The molecule has 1 fully saturated rings. The molecule has 1 aromatic carbocycles. The smallest absolute Gasteiger partial charge is 0.315 e. The van der Waals surface area contributed by atoms with Crippen molar-refractivity contribution in [1.82, 2.24) is 10.6 Å². The van der Waals surface area contributed by atoms with Gasteiger partial charge in [-0.05, 0) is 18.2 Å². The summed E-state index contributed by atoms with van der Waals surface area (Å²) in [5.74, 6) is 0.234. The molecule has 2 amide bonds. The van der Waals surface area contributed by atoms with Crippen molar-refractivity contribution in [3.8, 4) is 5.75 Å². The summed E-state index contributed by atoms with van der Waals surface area (Å²) in [4.78, 5) is 11.0. The molecule has 0 aromatic heterocycles. The number of methoxy groups -OCH3 is 1. The van der Waals surface area contributed by atoms with Gasteiger partial charge in [-0.25, -0.2) is 9.18 Å². The predicted molar refractivity (Wildman–Crippen MR) is 52.2 cm³/mol. The van der Waals surface area contributed by atoms with Gasteiger partial charge in [0, 0.05) is 12.1 Å². The Hall–Kier alpha value is -1.78. The van der Waals surface area contributed by atoms with Crippen molar-refractivity contribution in [2.24, 2.45) is 0 Å². The summed E-state index contributed by atoms with van der Waals surface area (Å²) >= 11 is 0. The number of benzene rings is 1. The zero-order valence-electron chi connectivity index (χ0n) is 8.21. The second-order valence-electron chi connectivity index (χ2n) is 3.29. The van der Waals surface area contributed by atoms with Crippen LogP contribution in [0.15, 0.2) is 18.2 Å². The molecule has 1 aromatic rings. The van der Waals surface area contributed by atoms with Crippen LogP contribution < -0.4 is 15.4 Å². The van der Waals surface area contributed by atoms with E-state index in [2.05, 4.69) is 10.6 Å². The van der Waals surface area contributed by atoms with Gasteiger partial charge in [0.2, 0.25) is 0 Å². The third kappa shape index (κ3) is 1.86. The largest absolute Gasteiger partial charge is 0.496 e. The number of halogens is 1. The van der Waals surface area contributed by atoms with E-state index < -0.39 is 0 Å². The molecule has 1 aliphatic rings. The standard InChI is InChI=1S/C10H11FN2O2/c1-15-9-3-2-6(11)4-7(9)8-5-12-10(14)13-8/h2-4,8H,5H2,1H3,(H2,12,13,14)/t8-/m0/s1. The van der Waals surface area contributed by atoms with Crippen molar-refractivity contribution in [2.75, 3.05) is 13.7 Å². The predicted octanol–water partition coefficient (Wildman–Crippen LogP) is 1.19. The Morgan fingerprint density at radius 1 is 1.53 bits per heavy atom. The van der Waals surface area contributed by atoms with Gasteiger partial charge in [-0.3, -0.25) is 0 Å². The van der Waals surface area contributed by atoms with Gasteiger partial charge in [-0.15, -0.1) is 0 Å². The molecule has 2 N–H and O–H groups in total. The Kier molecular flexibility index (Phi) is 2.45. The normalized spacial score (nSPS) is 19.6. The topological polar surface area (TPSA) is 50.4 Å². The zero-order chi connectivity index (χ0) is 10.8. The van der Waals surface area contributed by atoms with Crippen LogP contribution in [0.5, 0.6) is 5.75 Å². The van der Waals surface area contributed by atoms with E-state index in [0.717, 1.165) is 0 Å². The Balaban J connectivity index is 2.33. The Labute approximate surface area is 86.4 Å². The molecule has 5 heteroatoms. The van der Waals surface area contributed by atoms with E-state index in [0.29, 0.717) is 17.9 Å². The van der Waals surface area contributed by atoms with E-state index in [4.69, 9.17) is 4.74 Å². The highest BCUT2D eigenvalue weighted by molar-refractivity contribution is 5.77. The van der Waals surface area contributed by atoms with Gasteiger partial charge in [0.15, 0.2) is 0 Å². The monoisotopic (exact) mass is 210 g/mol. The summed E-state index contributed by atoms with van der Waals surface area (Å²) < 4.78 is 18.1. The molecule has 0 bridgehead atoms. The summed E-state index contributed by atoms with van der Waals surface area (Å²) in [7, 11) is 1.51. The zero-order valence-corrected chi connectivity index (χ0v) is 8.21. The second-order valence-corrected chi connectivity index (χ2v) is 3.29. The average molecular weight is 210 g/mol. The number of nitrogens with one attached hydrogen (secondary N) is 2. The Morgan fingerprint density at radius 2 is 2.33 bits per heavy atom. The molecule has 0 saturated carbocycles. The Bertz CT molecular complexity index is 395. The average Bonchev–Trinajstić information content (AvgIpc) is 2.65. The second kappa shape index (κ2) is 3.76. The summed E-state index contributed by atoms with van der Waals surface area (Å²) in [6.07, 6.45) is 0. The maximum absolute atomic E-state index is 13.0. The van der Waals surface area contributed by atoms with Crippen molar-refractivity contribution in [2.45, 2.75) is 6.04 Å². The first-order valence-electron chi connectivity index (χ1n) is 4.58. The quantitative estimate of drug-likeness (QED) is 0.770. The SMILES string of the molecule is COc1ccc(F)cc1[C@@H]1CNC(=O)N1. The lowest BCUT2D eigenvalue weighted by Crippen LogP contribution is -2.22. The van der Waals surface area contributed by atoms with Crippen molar-refractivity contribution in [3.05, 3.63) is 29.6 Å². The molecule has 0 aliphatic carbocycles. The molecule has 80 valence electrons. The third-order valence-electron chi connectivity index (χ3n) is 2.34. The van der Waals surface area contributed by atoms with E-state index in [1.165, 1.54) is 19.2 Å². The number of ether oxygens (including phenoxy) is 1. The summed E-state index contributed by atoms with van der Waals surface area (Å²) in [6, 6.07) is 3.77. The van der Waals surface area contributed by atoms with E-state index >= 15 is 0 Å². The summed E-state index contributed by atoms with van der Waals surface area (Å²) in [5.41, 5.74) is 0.649. The van der Waals surface area contributed by atoms with Gasteiger partial charge in [-0.1, -0.05) is 0 Å². The van der Waals surface area contributed by atoms with Crippen LogP contribution in [-0.4, -0.2) is 19.7 Å². The summed E-state index contributed by atoms with van der Waals surface area (Å²) in [6.45, 7) is 0.443. The molecular formula is C10H11FN2O2. The van der Waals surface area contributed by atoms with Crippen LogP contribution in [0.25, 0.3) is 0 Å². The van der Waals surface area contributed by atoms with Crippen LogP contribution in [0.2, 0.25) is 0 Å². The highest BCUT2D eigenvalue weighted by atomic mass is 19.1. The Morgan fingerprint density at radius 3 is 2.93 bits per heavy atom. The van der Waals surface area contributed by atoms with Gasteiger partial charge in [0.05, 0.1) is 13.2 Å². The van der Waals surface area contributed by atoms with Crippen molar-refractivity contribution in [3.63, 3.8) is 0 Å². The molecular weight excluding hydrogens is 199 g/mol. The van der Waals surface area contributed by atoms with Crippen LogP contribution in [0.4, 0.5) is 9.18 Å². The minimum absolute atomic E-state index is 0.233. The van der Waals surface area contributed by atoms with Gasteiger partial charge >= 0.3 is 6.03 Å². The first-order valence-corrected chi connectivity index (χ1v) is 4.58. The first-order chi connectivity index (χ1) is 7.20. The number of rotatable bonds is 2. The molecule has 1 saturated heterocycles. The molecule has 0 radical (unpaired) electrons. The van der Waals surface area contributed by atoms with E-state index in [1.807, 2.05) is 0 Å². The highest BCUT2D eigenvalue weighted by Gasteiger charge is 2.24. The van der Waals surface area contributed by atoms with E-state index in [-0.39, 0.29) is 17.9 Å². The van der Waals surface area contributed by atoms with Gasteiger partial charge in [0.1, 0.15) is 11.6 Å². The summed E-state index contributed by atoms with van der Waals surface area (Å²) in [5, 5.41) is 5.29.